The number of fused-ring (bicyclic) bond motifs is 2. The zero-order valence-corrected chi connectivity index (χ0v) is 30.9. The van der Waals surface area contributed by atoms with E-state index in [1.165, 1.54) is 24.3 Å². The Kier molecular flexibility index (Phi) is 10.6. The van der Waals surface area contributed by atoms with Crippen molar-refractivity contribution in [3.05, 3.63) is 128 Å². The number of hydrogen-bond acceptors (Lipinski definition) is 7. The summed E-state index contributed by atoms with van der Waals surface area (Å²) in [7, 11) is -8.53. The van der Waals surface area contributed by atoms with E-state index in [9.17, 15) is 25.9 Å². The van der Waals surface area contributed by atoms with Gasteiger partial charge in [-0.25, -0.2) is 0 Å². The van der Waals surface area contributed by atoms with E-state index in [2.05, 4.69) is 28.5 Å². The summed E-state index contributed by atoms with van der Waals surface area (Å²) in [6.07, 6.45) is 6.40. The van der Waals surface area contributed by atoms with Gasteiger partial charge in [0.05, 0.1) is 20.5 Å². The number of thiazole rings is 1. The van der Waals surface area contributed by atoms with E-state index in [-0.39, 0.29) is 9.79 Å². The predicted octanol–water partition coefficient (Wildman–Crippen LogP) is 8.72. The molecule has 0 fully saturated rings. The van der Waals surface area contributed by atoms with Gasteiger partial charge in [0.1, 0.15) is 4.70 Å². The Bertz CT molecular complexity index is 2320. The minimum atomic E-state index is -4.26. The molecule has 5 aromatic rings. The van der Waals surface area contributed by atoms with Crippen molar-refractivity contribution in [2.45, 2.75) is 47.4 Å². The number of hydrogen-bond donors (Lipinski definition) is 2. The van der Waals surface area contributed by atoms with Gasteiger partial charge in [0.15, 0.2) is 6.54 Å². The second-order valence-corrected chi connectivity index (χ2v) is 17.2. The lowest BCUT2D eigenvalue weighted by Gasteiger charge is -2.21. The van der Waals surface area contributed by atoms with Crippen molar-refractivity contribution in [1.29, 1.82) is 0 Å². The molecule has 14 heteroatoms. The van der Waals surface area contributed by atoms with Crippen LogP contribution in [0.15, 0.2) is 116 Å². The molecule has 0 atom stereocenters. The third kappa shape index (κ3) is 8.41. The third-order valence-corrected chi connectivity index (χ3v) is 12.5. The number of aromatic nitrogens is 1. The number of rotatable bonds is 11. The van der Waals surface area contributed by atoms with Crippen LogP contribution in [0.25, 0.3) is 16.3 Å². The number of nitrogens with zero attached hydrogens (tertiary/aromatic N) is 2. The molecule has 1 aromatic heterocycles. The molecular formula is C35H31Cl2N2O6S4+. The molecule has 0 radical (unpaired) electrons. The second-order valence-electron chi connectivity index (χ2n) is 11.4. The molecule has 4 aromatic carbocycles. The molecule has 6 rings (SSSR count). The van der Waals surface area contributed by atoms with Gasteiger partial charge in [0, 0.05) is 40.0 Å². The Morgan fingerprint density at radius 1 is 0.816 bits per heavy atom. The van der Waals surface area contributed by atoms with E-state index in [4.69, 9.17) is 23.2 Å². The maximum absolute atomic E-state index is 11.5. The molecule has 0 saturated carbocycles. The molecule has 2 heterocycles. The molecule has 2 N–H and O–H groups in total. The van der Waals surface area contributed by atoms with Crippen LogP contribution in [0.1, 0.15) is 29.5 Å². The van der Waals surface area contributed by atoms with Crippen LogP contribution in [0.3, 0.4) is 0 Å². The summed E-state index contributed by atoms with van der Waals surface area (Å²) in [5.41, 5.74) is 4.96. The van der Waals surface area contributed by atoms with Gasteiger partial charge < -0.3 is 4.90 Å². The number of allylic oxidation sites excluding steroid dienone is 2. The van der Waals surface area contributed by atoms with Gasteiger partial charge in [-0.15, -0.1) is 0 Å². The predicted molar refractivity (Wildman–Crippen MR) is 198 cm³/mol. The summed E-state index contributed by atoms with van der Waals surface area (Å²) >= 11 is 16.2. The molecule has 0 spiro atoms. The van der Waals surface area contributed by atoms with Crippen molar-refractivity contribution in [2.75, 3.05) is 11.4 Å². The van der Waals surface area contributed by atoms with Crippen molar-refractivity contribution in [3.8, 4) is 0 Å². The summed E-state index contributed by atoms with van der Waals surface area (Å²) in [6.45, 7) is 3.34. The summed E-state index contributed by atoms with van der Waals surface area (Å²) in [5.74, 6) is 0. The zero-order valence-electron chi connectivity index (χ0n) is 26.1. The van der Waals surface area contributed by atoms with E-state index in [0.717, 1.165) is 54.0 Å². The molecule has 0 unspecified atom stereocenters. The number of aryl methyl sites for hydroxylation is 2. The Labute approximate surface area is 303 Å². The molecule has 1 aliphatic rings. The van der Waals surface area contributed by atoms with Crippen molar-refractivity contribution in [2.24, 2.45) is 0 Å². The number of anilines is 1. The minimum absolute atomic E-state index is 0.140. The first kappa shape index (κ1) is 35.6. The highest BCUT2D eigenvalue weighted by atomic mass is 35.5. The Hall–Kier alpha value is -3.20. The van der Waals surface area contributed by atoms with Gasteiger partial charge >= 0.3 is 0 Å². The van der Waals surface area contributed by atoms with E-state index in [0.29, 0.717) is 36.0 Å². The monoisotopic (exact) mass is 773 g/mol. The van der Waals surface area contributed by atoms with Crippen molar-refractivity contribution < 1.29 is 30.5 Å². The smallest absolute Gasteiger partial charge is 0.294 e. The van der Waals surface area contributed by atoms with Gasteiger partial charge in [0.25, 0.3) is 25.2 Å². The molecule has 49 heavy (non-hydrogen) atoms. The van der Waals surface area contributed by atoms with Gasteiger partial charge in [-0.2, -0.15) is 21.4 Å². The standard InChI is InChI=1S/C35H30Cl2N2O6S4/c1-2-23(19-34-38(30-21-26(36)7-13-32(30)46-34)17-15-24-3-9-28(10-4-24)48(40,41)42)20-35-39(31-22-27(37)8-14-33(31)47-35)18-16-25-5-11-29(12-6-25)49(43,44)45/h3-14,19-22H,2,15-18H2,1H3,(H-,40,41,42,43,44,45)/p+1. The van der Waals surface area contributed by atoms with Gasteiger partial charge in [-0.05, 0) is 90.2 Å². The van der Waals surface area contributed by atoms with Crippen LogP contribution in [-0.4, -0.2) is 32.5 Å². The van der Waals surface area contributed by atoms with Gasteiger partial charge in [-0.3, -0.25) is 9.11 Å². The minimum Gasteiger partial charge on any atom is -0.335 e. The van der Waals surface area contributed by atoms with Crippen LogP contribution in [0.5, 0.6) is 0 Å². The molecule has 8 nitrogen and oxygen atoms in total. The average molecular weight is 775 g/mol. The SMILES string of the molecule is CCC(=Cc1sc2ccc(Cl)cc2[n+]1CCc1ccc(S(=O)(=O)O)cc1)C=C1Sc2ccc(Cl)cc2N1CCc1ccc(S(=O)(=O)O)cc1. The molecule has 1 aliphatic heterocycles. The van der Waals surface area contributed by atoms with Crippen LogP contribution >= 0.6 is 46.3 Å². The van der Waals surface area contributed by atoms with E-state index >= 15 is 0 Å². The molecule has 0 aliphatic carbocycles. The Morgan fingerprint density at radius 3 is 2.02 bits per heavy atom. The highest BCUT2D eigenvalue weighted by Crippen LogP contribution is 2.47. The lowest BCUT2D eigenvalue weighted by atomic mass is 10.1. The number of benzene rings is 4. The fourth-order valence-corrected chi connectivity index (χ4v) is 9.11. The van der Waals surface area contributed by atoms with Gasteiger partial charge in [-0.1, -0.05) is 77.5 Å². The summed E-state index contributed by atoms with van der Waals surface area (Å²) in [5, 5.41) is 3.34. The molecule has 254 valence electrons. The molecule has 0 saturated heterocycles. The van der Waals surface area contributed by atoms with Crippen molar-refractivity contribution in [1.82, 2.24) is 0 Å². The zero-order chi connectivity index (χ0) is 34.9. The van der Waals surface area contributed by atoms with Gasteiger partial charge in [0.2, 0.25) is 5.52 Å². The van der Waals surface area contributed by atoms with E-state index < -0.39 is 20.2 Å². The van der Waals surface area contributed by atoms with Crippen LogP contribution in [0.2, 0.25) is 10.0 Å². The maximum atomic E-state index is 11.5. The Balaban J connectivity index is 1.31. The summed E-state index contributed by atoms with van der Waals surface area (Å²) in [6, 6.07) is 24.1. The van der Waals surface area contributed by atoms with Crippen LogP contribution < -0.4 is 9.47 Å². The second kappa shape index (κ2) is 14.6. The fraction of sp³-hybridized carbons (Fsp3) is 0.171. The maximum Gasteiger partial charge on any atom is 0.294 e. The quantitative estimate of drug-likeness (QED) is 0.101. The first-order valence-electron chi connectivity index (χ1n) is 15.2. The first-order valence-corrected chi connectivity index (χ1v) is 20.5. The Morgan fingerprint density at radius 2 is 1.41 bits per heavy atom. The van der Waals surface area contributed by atoms with Crippen LogP contribution in [0, 0.1) is 0 Å². The topological polar surface area (TPSA) is 116 Å². The lowest BCUT2D eigenvalue weighted by molar-refractivity contribution is -0.668. The summed E-state index contributed by atoms with van der Waals surface area (Å²) in [4.78, 5) is 3.03. The van der Waals surface area contributed by atoms with Crippen molar-refractivity contribution in [3.63, 3.8) is 0 Å². The normalized spacial score (nSPS) is 14.6. The highest BCUT2D eigenvalue weighted by molar-refractivity contribution is 8.03. The molecular weight excluding hydrogens is 744 g/mol. The first-order chi connectivity index (χ1) is 23.3. The fourth-order valence-electron chi connectivity index (χ4n) is 5.53. The summed E-state index contributed by atoms with van der Waals surface area (Å²) < 4.78 is 68.0. The lowest BCUT2D eigenvalue weighted by Crippen LogP contribution is -2.36. The van der Waals surface area contributed by atoms with Crippen LogP contribution in [0.4, 0.5) is 5.69 Å². The van der Waals surface area contributed by atoms with Crippen molar-refractivity contribution >= 4 is 88.5 Å². The molecule has 0 amide bonds. The third-order valence-electron chi connectivity index (χ3n) is 8.10. The largest absolute Gasteiger partial charge is 0.335 e. The van der Waals surface area contributed by atoms with Crippen LogP contribution in [-0.2, 0) is 39.6 Å². The highest BCUT2D eigenvalue weighted by Gasteiger charge is 2.26. The van der Waals surface area contributed by atoms with E-state index in [1.54, 1.807) is 47.4 Å². The average Bonchev–Trinajstić information content (AvgIpc) is 3.57. The number of thioether (sulfide) groups is 1. The molecule has 0 bridgehead atoms. The van der Waals surface area contributed by atoms with E-state index in [1.807, 2.05) is 36.4 Å². The number of halogens is 2.